The molecule has 2 aliphatic rings. The minimum Gasteiger partial charge on any atom is -0.382 e. The zero-order valence-corrected chi connectivity index (χ0v) is 22.0. The molecule has 1 saturated carbocycles. The number of carbonyl (C=O) groups is 3. The van der Waals surface area contributed by atoms with Gasteiger partial charge in [-0.1, -0.05) is 0 Å². The van der Waals surface area contributed by atoms with Crippen molar-refractivity contribution in [2.75, 3.05) is 32.1 Å². The maximum Gasteiger partial charge on any atom is 0.318 e. The predicted octanol–water partition coefficient (Wildman–Crippen LogP) is 2.73. The van der Waals surface area contributed by atoms with E-state index in [1.807, 2.05) is 0 Å². The van der Waals surface area contributed by atoms with E-state index in [0.717, 1.165) is 4.90 Å². The molecule has 1 aliphatic heterocycles. The molecule has 2 aromatic heterocycles. The lowest BCUT2D eigenvalue weighted by Gasteiger charge is -2.38. The number of urea groups is 1. The molecule has 0 spiro atoms. The molecule has 4 rings (SSSR count). The zero-order valence-electron chi connectivity index (χ0n) is 22.0. The number of aryl methyl sites for hydroxylation is 1. The van der Waals surface area contributed by atoms with Gasteiger partial charge in [0.2, 0.25) is 11.8 Å². The van der Waals surface area contributed by atoms with Gasteiger partial charge < -0.3 is 25.6 Å². The van der Waals surface area contributed by atoms with Crippen LogP contribution in [0.4, 0.5) is 28.2 Å². The molecular formula is C25H31F4N7O4. The number of rotatable bonds is 9. The molecule has 1 aliphatic carbocycles. The van der Waals surface area contributed by atoms with Crippen LogP contribution in [0.3, 0.4) is 0 Å². The van der Waals surface area contributed by atoms with Crippen LogP contribution in [0.2, 0.25) is 0 Å². The number of hydrogen-bond donors (Lipinski definition) is 3. The number of methoxy groups -OCH3 is 1. The van der Waals surface area contributed by atoms with Gasteiger partial charge in [-0.25, -0.2) is 27.3 Å². The molecule has 1 saturated heterocycles. The van der Waals surface area contributed by atoms with Crippen LogP contribution in [0.5, 0.6) is 0 Å². The summed E-state index contributed by atoms with van der Waals surface area (Å²) < 4.78 is 62.4. The van der Waals surface area contributed by atoms with Gasteiger partial charge in [0.05, 0.1) is 25.7 Å². The van der Waals surface area contributed by atoms with E-state index < -0.39 is 73.6 Å². The van der Waals surface area contributed by atoms with E-state index in [1.54, 1.807) is 7.05 Å². The second kappa shape index (κ2) is 11.8. The Kier molecular flexibility index (Phi) is 8.61. The maximum atomic E-state index is 14.1. The van der Waals surface area contributed by atoms with Crippen LogP contribution in [0.1, 0.15) is 47.8 Å². The van der Waals surface area contributed by atoms with Gasteiger partial charge in [-0.05, 0) is 42.5 Å². The molecule has 2 atom stereocenters. The molecule has 4 amide bonds. The van der Waals surface area contributed by atoms with Crippen molar-refractivity contribution in [1.29, 1.82) is 0 Å². The maximum absolute atomic E-state index is 14.1. The number of alkyl halides is 4. The highest BCUT2D eigenvalue weighted by Gasteiger charge is 2.43. The van der Waals surface area contributed by atoms with Crippen LogP contribution < -0.4 is 16.0 Å². The molecule has 2 fully saturated rings. The van der Waals surface area contributed by atoms with Crippen molar-refractivity contribution in [2.24, 2.45) is 13.0 Å². The smallest absolute Gasteiger partial charge is 0.318 e. The molecule has 0 bridgehead atoms. The normalized spacial score (nSPS) is 20.4. The topological polar surface area (TPSA) is 130 Å². The van der Waals surface area contributed by atoms with Gasteiger partial charge in [0.25, 0.3) is 11.8 Å². The van der Waals surface area contributed by atoms with Crippen LogP contribution >= 0.6 is 0 Å². The molecule has 3 heterocycles. The number of carbonyl (C=O) groups excluding carboxylic acids is 3. The summed E-state index contributed by atoms with van der Waals surface area (Å²) in [7, 11) is 2.91. The van der Waals surface area contributed by atoms with Crippen molar-refractivity contribution in [1.82, 2.24) is 30.3 Å². The highest BCUT2D eigenvalue weighted by Crippen LogP contribution is 2.38. The Bertz CT molecular complexity index is 1230. The number of anilines is 1. The number of hydrogen-bond acceptors (Lipinski definition) is 6. The SMILES string of the molecule is COC[C@H](c1ccnc(NC(=O)[C@H](NC(=O)c2ccnn2C)C2CCC(F)(F)CC2)c1)N1CC(F)(F)CNC1=O. The Morgan fingerprint density at radius 1 is 1.18 bits per heavy atom. The molecular weight excluding hydrogens is 538 g/mol. The first kappa shape index (κ1) is 29.2. The van der Waals surface area contributed by atoms with E-state index in [9.17, 15) is 31.9 Å². The van der Waals surface area contributed by atoms with Crippen LogP contribution in [0.15, 0.2) is 30.6 Å². The number of pyridine rings is 1. The molecule has 218 valence electrons. The van der Waals surface area contributed by atoms with E-state index in [0.29, 0.717) is 5.56 Å². The monoisotopic (exact) mass is 569 g/mol. The number of nitrogens with one attached hydrogen (secondary N) is 3. The van der Waals surface area contributed by atoms with Crippen molar-refractivity contribution in [3.63, 3.8) is 0 Å². The Labute approximate surface area is 227 Å². The zero-order chi connectivity index (χ0) is 29.1. The molecule has 40 heavy (non-hydrogen) atoms. The average Bonchev–Trinajstić information content (AvgIpc) is 3.33. The van der Waals surface area contributed by atoms with Gasteiger partial charge in [-0.2, -0.15) is 5.10 Å². The highest BCUT2D eigenvalue weighted by atomic mass is 19.3. The van der Waals surface area contributed by atoms with Crippen molar-refractivity contribution < 1.29 is 36.7 Å². The molecule has 0 aromatic carbocycles. The summed E-state index contributed by atoms with van der Waals surface area (Å²) in [5.74, 6) is -7.82. The van der Waals surface area contributed by atoms with Crippen LogP contribution in [-0.4, -0.2) is 82.2 Å². The first-order valence-corrected chi connectivity index (χ1v) is 12.7. The van der Waals surface area contributed by atoms with E-state index in [2.05, 4.69) is 26.0 Å². The summed E-state index contributed by atoms with van der Waals surface area (Å²) in [5, 5.41) is 11.4. The summed E-state index contributed by atoms with van der Waals surface area (Å²) in [6, 6.07) is 1.60. The Morgan fingerprint density at radius 2 is 1.90 bits per heavy atom. The van der Waals surface area contributed by atoms with Gasteiger partial charge in [0.15, 0.2) is 0 Å². The van der Waals surface area contributed by atoms with Crippen molar-refractivity contribution in [3.05, 3.63) is 41.9 Å². The average molecular weight is 570 g/mol. The van der Waals surface area contributed by atoms with Crippen LogP contribution in [0.25, 0.3) is 0 Å². The van der Waals surface area contributed by atoms with E-state index in [1.165, 1.54) is 42.4 Å². The molecule has 2 aromatic rings. The summed E-state index contributed by atoms with van der Waals surface area (Å²) in [6.07, 6.45) is 1.93. The molecule has 0 radical (unpaired) electrons. The predicted molar refractivity (Wildman–Crippen MR) is 134 cm³/mol. The molecule has 15 heteroatoms. The minimum absolute atomic E-state index is 0.0123. The summed E-state index contributed by atoms with van der Waals surface area (Å²) in [6.45, 7) is -1.72. The molecule has 0 unspecified atom stereocenters. The van der Waals surface area contributed by atoms with Crippen molar-refractivity contribution in [3.8, 4) is 0 Å². The van der Waals surface area contributed by atoms with Gasteiger partial charge in [0, 0.05) is 39.4 Å². The Balaban J connectivity index is 1.55. The fourth-order valence-electron chi connectivity index (χ4n) is 4.99. The largest absolute Gasteiger partial charge is 0.382 e. The van der Waals surface area contributed by atoms with Crippen molar-refractivity contribution in [2.45, 2.75) is 49.6 Å². The summed E-state index contributed by atoms with van der Waals surface area (Å²) in [5.41, 5.74) is 0.547. The number of halogens is 4. The fraction of sp³-hybridized carbons (Fsp3) is 0.560. The lowest BCUT2D eigenvalue weighted by Crippen LogP contribution is -2.58. The van der Waals surface area contributed by atoms with E-state index in [-0.39, 0.29) is 31.0 Å². The van der Waals surface area contributed by atoms with Gasteiger partial charge in [-0.15, -0.1) is 0 Å². The number of ether oxygens (including phenoxy) is 1. The third-order valence-corrected chi connectivity index (χ3v) is 7.14. The first-order chi connectivity index (χ1) is 18.9. The summed E-state index contributed by atoms with van der Waals surface area (Å²) in [4.78, 5) is 43.8. The van der Waals surface area contributed by atoms with Crippen LogP contribution in [-0.2, 0) is 16.6 Å². The van der Waals surface area contributed by atoms with Crippen molar-refractivity contribution >= 4 is 23.7 Å². The summed E-state index contributed by atoms with van der Waals surface area (Å²) >= 11 is 0. The lowest BCUT2D eigenvalue weighted by molar-refractivity contribution is -0.121. The van der Waals surface area contributed by atoms with E-state index >= 15 is 0 Å². The molecule has 11 nitrogen and oxygen atoms in total. The number of aromatic nitrogens is 3. The van der Waals surface area contributed by atoms with E-state index in [4.69, 9.17) is 4.74 Å². The standard InChI is InChI=1S/C25H31F4N7O4/c1-35-17(6-10-32-35)21(37)34-20(15-3-7-24(26,27)8-4-15)22(38)33-19-11-16(5-9-30-19)18(12-40-2)36-14-25(28,29)13-31-23(36)39/h5-6,9-11,15,18,20H,3-4,7-8,12-14H2,1-2H3,(H,31,39)(H,34,37)(H,30,33,38)/t18-,20-/m1/s1. The van der Waals surface area contributed by atoms with Gasteiger partial charge >= 0.3 is 6.03 Å². The number of amides is 4. The van der Waals surface area contributed by atoms with Gasteiger partial charge in [0.1, 0.15) is 17.6 Å². The van der Waals surface area contributed by atoms with Crippen LogP contribution in [0, 0.1) is 5.92 Å². The second-order valence-corrected chi connectivity index (χ2v) is 10.1. The quantitative estimate of drug-likeness (QED) is 0.398. The second-order valence-electron chi connectivity index (χ2n) is 10.1. The third-order valence-electron chi connectivity index (χ3n) is 7.14. The lowest BCUT2D eigenvalue weighted by atomic mass is 9.81. The molecule has 3 N–H and O–H groups in total. The minimum atomic E-state index is -3.15. The third kappa shape index (κ3) is 6.87. The Hall–Kier alpha value is -3.75. The fourth-order valence-corrected chi connectivity index (χ4v) is 4.99. The highest BCUT2D eigenvalue weighted by molar-refractivity contribution is 6.00. The first-order valence-electron chi connectivity index (χ1n) is 12.7. The van der Waals surface area contributed by atoms with Gasteiger partial charge in [-0.3, -0.25) is 14.3 Å². The Morgan fingerprint density at radius 3 is 2.55 bits per heavy atom. The number of nitrogens with zero attached hydrogens (tertiary/aromatic N) is 4.